The lowest BCUT2D eigenvalue weighted by Gasteiger charge is -2.28. The highest BCUT2D eigenvalue weighted by Crippen LogP contribution is 2.20. The Hall–Kier alpha value is -2.08. The quantitative estimate of drug-likeness (QED) is 0.854. The minimum atomic E-state index is 0.412. The molecule has 2 aromatic carbocycles. The first-order valence-corrected chi connectivity index (χ1v) is 7.42. The molecule has 0 bridgehead atoms. The molecule has 0 saturated carbocycles. The van der Waals surface area contributed by atoms with Gasteiger partial charge in [0.2, 0.25) is 0 Å². The Morgan fingerprint density at radius 1 is 1.00 bits per heavy atom. The Morgan fingerprint density at radius 3 is 2.52 bits per heavy atom. The van der Waals surface area contributed by atoms with E-state index in [0.717, 1.165) is 31.6 Å². The highest BCUT2D eigenvalue weighted by molar-refractivity contribution is 5.36. The third kappa shape index (κ3) is 3.52. The lowest BCUT2D eigenvalue weighted by Crippen LogP contribution is -2.29. The van der Waals surface area contributed by atoms with E-state index in [4.69, 9.17) is 5.73 Å². The minimum Gasteiger partial charge on any atom is -0.320 e. The largest absolute Gasteiger partial charge is 0.320 e. The van der Waals surface area contributed by atoms with E-state index in [2.05, 4.69) is 65.3 Å². The van der Waals surface area contributed by atoms with E-state index < -0.39 is 0 Å². The lowest BCUT2D eigenvalue weighted by molar-refractivity contribution is 0.245. The summed E-state index contributed by atoms with van der Waals surface area (Å²) in [4.78, 5) is 2.50. The third-order valence-corrected chi connectivity index (χ3v) is 3.90. The van der Waals surface area contributed by atoms with Crippen molar-refractivity contribution in [2.75, 3.05) is 13.1 Å². The van der Waals surface area contributed by atoms with Crippen molar-refractivity contribution in [1.29, 1.82) is 0 Å². The second kappa shape index (κ2) is 6.58. The smallest absolute Gasteiger partial charge is 0.0555 e. The Morgan fingerprint density at radius 2 is 1.76 bits per heavy atom. The molecule has 2 heteroatoms. The fourth-order valence-corrected chi connectivity index (χ4v) is 2.79. The molecule has 1 aliphatic heterocycles. The van der Waals surface area contributed by atoms with E-state index in [9.17, 15) is 0 Å². The van der Waals surface area contributed by atoms with E-state index in [1.165, 1.54) is 16.7 Å². The Bertz CT molecular complexity index is 662. The number of nitrogens with two attached hydrogens (primary N) is 1. The van der Waals surface area contributed by atoms with Crippen LogP contribution in [0, 0.1) is 11.8 Å². The molecule has 0 radical (unpaired) electrons. The van der Waals surface area contributed by atoms with Crippen molar-refractivity contribution in [2.24, 2.45) is 5.73 Å². The molecule has 0 unspecified atom stereocenters. The molecule has 1 aliphatic rings. The summed E-state index contributed by atoms with van der Waals surface area (Å²) in [6, 6.07) is 17.3. The van der Waals surface area contributed by atoms with Crippen LogP contribution in [-0.4, -0.2) is 18.0 Å². The van der Waals surface area contributed by atoms with Gasteiger partial charge in [-0.15, -0.1) is 0 Å². The maximum atomic E-state index is 5.39. The molecule has 106 valence electrons. The van der Waals surface area contributed by atoms with Crippen molar-refractivity contribution in [2.45, 2.75) is 19.5 Å². The Kier molecular flexibility index (Phi) is 4.35. The number of fused-ring (bicyclic) bond motifs is 1. The second-order valence-corrected chi connectivity index (χ2v) is 5.43. The van der Waals surface area contributed by atoms with Gasteiger partial charge in [0.15, 0.2) is 0 Å². The van der Waals surface area contributed by atoms with Gasteiger partial charge in [0.25, 0.3) is 0 Å². The summed E-state index contributed by atoms with van der Waals surface area (Å²) >= 11 is 0. The van der Waals surface area contributed by atoms with Crippen molar-refractivity contribution in [3.8, 4) is 11.8 Å². The standard InChI is InChI=1S/C19H20N2/c20-12-3-4-16-7-9-17(10-8-16)14-21-13-11-18-5-1-2-6-19(18)15-21/h1-2,5-10H,11-15,20H2. The summed E-state index contributed by atoms with van der Waals surface area (Å²) < 4.78 is 0. The van der Waals surface area contributed by atoms with Gasteiger partial charge in [0.05, 0.1) is 6.54 Å². The molecular formula is C19H20N2. The molecule has 0 saturated heterocycles. The average Bonchev–Trinajstić information content (AvgIpc) is 2.54. The van der Waals surface area contributed by atoms with E-state index in [1.807, 2.05) is 0 Å². The Balaban J connectivity index is 1.65. The zero-order valence-corrected chi connectivity index (χ0v) is 12.2. The van der Waals surface area contributed by atoms with Crippen LogP contribution >= 0.6 is 0 Å². The SMILES string of the molecule is NCC#Cc1ccc(CN2CCc3ccccc3C2)cc1. The van der Waals surface area contributed by atoms with Crippen molar-refractivity contribution < 1.29 is 0 Å². The molecule has 0 aliphatic carbocycles. The number of hydrogen-bond acceptors (Lipinski definition) is 2. The summed E-state index contributed by atoms with van der Waals surface area (Å²) in [5.41, 5.74) is 10.7. The van der Waals surface area contributed by atoms with Crippen LogP contribution in [0.15, 0.2) is 48.5 Å². The zero-order chi connectivity index (χ0) is 14.5. The van der Waals surface area contributed by atoms with Crippen LogP contribution in [0.1, 0.15) is 22.3 Å². The van der Waals surface area contributed by atoms with Crippen LogP contribution in [0.25, 0.3) is 0 Å². The first-order valence-electron chi connectivity index (χ1n) is 7.42. The van der Waals surface area contributed by atoms with Crippen LogP contribution in [0.4, 0.5) is 0 Å². The molecule has 1 heterocycles. The van der Waals surface area contributed by atoms with Crippen molar-refractivity contribution in [3.05, 3.63) is 70.8 Å². The molecule has 0 spiro atoms. The molecular weight excluding hydrogens is 256 g/mol. The van der Waals surface area contributed by atoms with E-state index in [1.54, 1.807) is 0 Å². The summed E-state index contributed by atoms with van der Waals surface area (Å²) in [7, 11) is 0. The number of hydrogen-bond donors (Lipinski definition) is 1. The van der Waals surface area contributed by atoms with Gasteiger partial charge in [0.1, 0.15) is 0 Å². The maximum absolute atomic E-state index is 5.39. The van der Waals surface area contributed by atoms with Gasteiger partial charge in [-0.05, 0) is 35.2 Å². The van der Waals surface area contributed by atoms with E-state index >= 15 is 0 Å². The first-order chi connectivity index (χ1) is 10.3. The van der Waals surface area contributed by atoms with Gasteiger partial charge in [0, 0.05) is 25.2 Å². The molecule has 2 aromatic rings. The van der Waals surface area contributed by atoms with E-state index in [0.29, 0.717) is 6.54 Å². The molecule has 3 rings (SSSR count). The van der Waals surface area contributed by atoms with Crippen molar-refractivity contribution in [3.63, 3.8) is 0 Å². The van der Waals surface area contributed by atoms with E-state index in [-0.39, 0.29) is 0 Å². The number of nitrogens with zero attached hydrogens (tertiary/aromatic N) is 1. The van der Waals surface area contributed by atoms with Crippen molar-refractivity contribution >= 4 is 0 Å². The fourth-order valence-electron chi connectivity index (χ4n) is 2.79. The van der Waals surface area contributed by atoms with Gasteiger partial charge in [-0.1, -0.05) is 48.2 Å². The third-order valence-electron chi connectivity index (χ3n) is 3.90. The van der Waals surface area contributed by atoms with Crippen LogP contribution in [-0.2, 0) is 19.5 Å². The van der Waals surface area contributed by atoms with Gasteiger partial charge in [-0.3, -0.25) is 4.90 Å². The van der Waals surface area contributed by atoms with Crippen LogP contribution in [0.2, 0.25) is 0 Å². The fraction of sp³-hybridized carbons (Fsp3) is 0.263. The summed E-state index contributed by atoms with van der Waals surface area (Å²) in [5, 5.41) is 0. The van der Waals surface area contributed by atoms with Crippen LogP contribution in [0.5, 0.6) is 0 Å². The van der Waals surface area contributed by atoms with Crippen molar-refractivity contribution in [1.82, 2.24) is 4.90 Å². The molecule has 0 fully saturated rings. The molecule has 2 N–H and O–H groups in total. The topological polar surface area (TPSA) is 29.3 Å². The van der Waals surface area contributed by atoms with Crippen LogP contribution < -0.4 is 5.73 Å². The predicted molar refractivity (Wildman–Crippen MR) is 86.6 cm³/mol. The molecule has 21 heavy (non-hydrogen) atoms. The molecule has 0 aromatic heterocycles. The summed E-state index contributed by atoms with van der Waals surface area (Å²) in [5.74, 6) is 5.94. The normalized spacial score (nSPS) is 14.1. The molecule has 0 atom stereocenters. The maximum Gasteiger partial charge on any atom is 0.0555 e. The van der Waals surface area contributed by atoms with Crippen LogP contribution in [0.3, 0.4) is 0 Å². The Labute approximate surface area is 126 Å². The highest BCUT2D eigenvalue weighted by atomic mass is 15.1. The minimum absolute atomic E-state index is 0.412. The monoisotopic (exact) mass is 276 g/mol. The second-order valence-electron chi connectivity index (χ2n) is 5.43. The first kappa shape index (κ1) is 13.9. The van der Waals surface area contributed by atoms with Gasteiger partial charge in [-0.2, -0.15) is 0 Å². The summed E-state index contributed by atoms with van der Waals surface area (Å²) in [6.07, 6.45) is 1.15. The van der Waals surface area contributed by atoms with Gasteiger partial charge >= 0.3 is 0 Å². The average molecular weight is 276 g/mol. The van der Waals surface area contributed by atoms with Gasteiger partial charge in [-0.25, -0.2) is 0 Å². The number of benzene rings is 2. The number of rotatable bonds is 2. The molecule has 2 nitrogen and oxygen atoms in total. The lowest BCUT2D eigenvalue weighted by atomic mass is 9.99. The summed E-state index contributed by atoms with van der Waals surface area (Å²) in [6.45, 7) is 3.59. The highest BCUT2D eigenvalue weighted by Gasteiger charge is 2.15. The zero-order valence-electron chi connectivity index (χ0n) is 12.2. The predicted octanol–water partition coefficient (Wildman–Crippen LogP) is 2.56. The molecule has 0 amide bonds. The van der Waals surface area contributed by atoms with Gasteiger partial charge < -0.3 is 5.73 Å².